The molecule has 1 aliphatic rings. The molecule has 7 heteroatoms. The lowest BCUT2D eigenvalue weighted by Gasteiger charge is -2.33. The third-order valence-corrected chi connectivity index (χ3v) is 5.91. The lowest BCUT2D eigenvalue weighted by molar-refractivity contribution is 0.173. The predicted molar refractivity (Wildman–Crippen MR) is 123 cm³/mol. The van der Waals surface area contributed by atoms with Gasteiger partial charge >= 0.3 is 6.03 Å². The number of nitrogens with one attached hydrogen (secondary N) is 1. The molecule has 2 heterocycles. The Morgan fingerprint density at radius 1 is 1.10 bits per heavy atom. The van der Waals surface area contributed by atoms with Gasteiger partial charge in [0.1, 0.15) is 0 Å². The van der Waals surface area contributed by atoms with Gasteiger partial charge in [-0.2, -0.15) is 5.10 Å². The molecular weight excluding hydrogens is 410 g/mol. The minimum Gasteiger partial charge on any atom is -0.335 e. The lowest BCUT2D eigenvalue weighted by Crippen LogP contribution is -2.47. The van der Waals surface area contributed by atoms with Crippen LogP contribution in [0.1, 0.15) is 24.0 Å². The molecule has 1 aliphatic heterocycles. The van der Waals surface area contributed by atoms with Crippen molar-refractivity contribution in [2.75, 3.05) is 20.1 Å². The second-order valence-corrected chi connectivity index (χ2v) is 8.55. The van der Waals surface area contributed by atoms with E-state index in [-0.39, 0.29) is 12.1 Å². The summed E-state index contributed by atoms with van der Waals surface area (Å²) in [5.41, 5.74) is 3.27. The Labute approximate surface area is 188 Å². The first-order chi connectivity index (χ1) is 15.1. The molecule has 1 aromatic heterocycles. The number of rotatable bonds is 6. The normalized spacial score (nSPS) is 15.0. The maximum atomic E-state index is 12.7. The highest BCUT2D eigenvalue weighted by molar-refractivity contribution is 6.30. The highest BCUT2D eigenvalue weighted by Gasteiger charge is 2.22. The summed E-state index contributed by atoms with van der Waals surface area (Å²) in [5, 5.41) is 8.36. The van der Waals surface area contributed by atoms with Crippen LogP contribution >= 0.6 is 11.6 Å². The lowest BCUT2D eigenvalue weighted by atomic mass is 10.0. The Balaban J connectivity index is 1.22. The number of urea groups is 1. The van der Waals surface area contributed by atoms with Gasteiger partial charge in [0.15, 0.2) is 0 Å². The minimum atomic E-state index is -0.0383. The number of halogens is 1. The largest absolute Gasteiger partial charge is 0.335 e. The van der Waals surface area contributed by atoms with E-state index in [1.54, 1.807) is 4.90 Å². The van der Waals surface area contributed by atoms with E-state index in [0.29, 0.717) is 6.54 Å². The molecule has 3 aromatic rings. The van der Waals surface area contributed by atoms with Gasteiger partial charge in [0, 0.05) is 49.5 Å². The molecule has 1 saturated heterocycles. The molecule has 31 heavy (non-hydrogen) atoms. The number of hydrogen-bond donors (Lipinski definition) is 1. The molecule has 0 radical (unpaired) electrons. The zero-order chi connectivity index (χ0) is 21.6. The van der Waals surface area contributed by atoms with E-state index in [2.05, 4.69) is 27.4 Å². The van der Waals surface area contributed by atoms with E-state index in [4.69, 9.17) is 11.6 Å². The van der Waals surface area contributed by atoms with Crippen LogP contribution in [0.2, 0.25) is 5.02 Å². The molecule has 0 atom stereocenters. The number of carbonyl (C=O) groups is 1. The van der Waals surface area contributed by atoms with Crippen LogP contribution in [0.4, 0.5) is 4.79 Å². The van der Waals surface area contributed by atoms with Crippen molar-refractivity contribution in [1.29, 1.82) is 0 Å². The van der Waals surface area contributed by atoms with Crippen LogP contribution in [0.3, 0.4) is 0 Å². The molecule has 0 spiro atoms. The first-order valence-electron chi connectivity index (χ1n) is 10.6. The first-order valence-corrected chi connectivity index (χ1v) is 11.0. The number of piperidine rings is 1. The van der Waals surface area contributed by atoms with Crippen molar-refractivity contribution in [3.05, 3.63) is 83.1 Å². The van der Waals surface area contributed by atoms with E-state index < -0.39 is 0 Å². The number of nitrogens with zero attached hydrogens (tertiary/aromatic N) is 4. The van der Waals surface area contributed by atoms with Crippen LogP contribution in [0, 0.1) is 0 Å². The monoisotopic (exact) mass is 437 g/mol. The average molecular weight is 438 g/mol. The maximum Gasteiger partial charge on any atom is 0.317 e. The van der Waals surface area contributed by atoms with Crippen LogP contribution in [0.5, 0.6) is 0 Å². The summed E-state index contributed by atoms with van der Waals surface area (Å²) in [4.78, 5) is 16.8. The summed E-state index contributed by atoms with van der Waals surface area (Å²) in [6.07, 6.45) is 5.69. The van der Waals surface area contributed by atoms with Gasteiger partial charge in [0.2, 0.25) is 0 Å². The summed E-state index contributed by atoms with van der Waals surface area (Å²) in [5.74, 6) is 0. The number of likely N-dealkylation sites (tertiary alicyclic amines) is 1. The van der Waals surface area contributed by atoms with Crippen LogP contribution in [-0.2, 0) is 13.1 Å². The smallest absolute Gasteiger partial charge is 0.317 e. The maximum absolute atomic E-state index is 12.7. The summed E-state index contributed by atoms with van der Waals surface area (Å²) < 4.78 is 1.83. The highest BCUT2D eigenvalue weighted by atomic mass is 35.5. The Hall–Kier alpha value is -2.83. The van der Waals surface area contributed by atoms with Crippen molar-refractivity contribution in [3.63, 3.8) is 0 Å². The van der Waals surface area contributed by atoms with E-state index in [1.165, 1.54) is 5.56 Å². The zero-order valence-electron chi connectivity index (χ0n) is 17.7. The van der Waals surface area contributed by atoms with Crippen molar-refractivity contribution in [3.8, 4) is 5.69 Å². The van der Waals surface area contributed by atoms with Crippen LogP contribution in [0.25, 0.3) is 5.69 Å². The first kappa shape index (κ1) is 21.4. The summed E-state index contributed by atoms with van der Waals surface area (Å²) in [7, 11) is 1.82. The summed E-state index contributed by atoms with van der Waals surface area (Å²) in [6.45, 7) is 3.39. The number of amides is 2. The van der Waals surface area contributed by atoms with Gasteiger partial charge in [-0.15, -0.1) is 0 Å². The number of carbonyl (C=O) groups excluding carboxylic acids is 1. The van der Waals surface area contributed by atoms with Gasteiger partial charge in [-0.25, -0.2) is 9.48 Å². The number of para-hydroxylation sites is 1. The van der Waals surface area contributed by atoms with Crippen molar-refractivity contribution >= 4 is 17.6 Å². The second kappa shape index (κ2) is 9.98. The molecule has 2 aromatic carbocycles. The predicted octanol–water partition coefficient (Wildman–Crippen LogP) is 4.33. The third kappa shape index (κ3) is 5.87. The van der Waals surface area contributed by atoms with E-state index in [0.717, 1.165) is 48.7 Å². The molecule has 0 bridgehead atoms. The van der Waals surface area contributed by atoms with Gasteiger partial charge in [-0.05, 0) is 42.7 Å². The Morgan fingerprint density at radius 3 is 2.52 bits per heavy atom. The molecule has 162 valence electrons. The molecule has 0 aliphatic carbocycles. The number of hydrogen-bond acceptors (Lipinski definition) is 3. The van der Waals surface area contributed by atoms with Crippen molar-refractivity contribution in [2.24, 2.45) is 0 Å². The Kier molecular flexibility index (Phi) is 6.89. The number of benzene rings is 2. The highest BCUT2D eigenvalue weighted by Crippen LogP contribution is 2.16. The Morgan fingerprint density at radius 2 is 1.81 bits per heavy atom. The Bertz CT molecular complexity index is 981. The van der Waals surface area contributed by atoms with Gasteiger partial charge < -0.3 is 10.2 Å². The molecule has 1 fully saturated rings. The zero-order valence-corrected chi connectivity index (χ0v) is 18.5. The minimum absolute atomic E-state index is 0.0383. The molecule has 0 saturated carbocycles. The molecule has 0 unspecified atom stereocenters. The quantitative estimate of drug-likeness (QED) is 0.624. The fraction of sp³-hybridized carbons (Fsp3) is 0.333. The van der Waals surface area contributed by atoms with Gasteiger partial charge in [-0.1, -0.05) is 41.9 Å². The van der Waals surface area contributed by atoms with Gasteiger partial charge in [0.05, 0.1) is 18.4 Å². The van der Waals surface area contributed by atoms with Crippen LogP contribution in [0.15, 0.2) is 67.0 Å². The molecule has 6 nitrogen and oxygen atoms in total. The topological polar surface area (TPSA) is 53.4 Å². The average Bonchev–Trinajstić information content (AvgIpc) is 3.26. The van der Waals surface area contributed by atoms with E-state index in [1.807, 2.05) is 66.6 Å². The third-order valence-electron chi connectivity index (χ3n) is 5.66. The van der Waals surface area contributed by atoms with Gasteiger partial charge in [0.25, 0.3) is 0 Å². The van der Waals surface area contributed by atoms with Crippen molar-refractivity contribution in [2.45, 2.75) is 32.0 Å². The van der Waals surface area contributed by atoms with Crippen molar-refractivity contribution < 1.29 is 4.79 Å². The van der Waals surface area contributed by atoms with Crippen LogP contribution in [-0.4, -0.2) is 51.8 Å². The van der Waals surface area contributed by atoms with Crippen molar-refractivity contribution in [1.82, 2.24) is 24.9 Å². The summed E-state index contributed by atoms with van der Waals surface area (Å²) >= 11 is 5.97. The second-order valence-electron chi connectivity index (χ2n) is 8.11. The molecule has 2 amide bonds. The fourth-order valence-corrected chi connectivity index (χ4v) is 4.00. The SMILES string of the molecule is CN(Cc1cnn(-c2ccccc2)c1)C(=O)NC1CCN(Cc2ccc(Cl)cc2)CC1. The van der Waals surface area contributed by atoms with Crippen LogP contribution < -0.4 is 5.32 Å². The van der Waals surface area contributed by atoms with Gasteiger partial charge in [-0.3, -0.25) is 4.90 Å². The standard InChI is InChI=1S/C24H28ClN5O/c1-28(16-20-15-26-30(18-20)23-5-3-2-4-6-23)24(31)27-22-11-13-29(14-12-22)17-19-7-9-21(25)10-8-19/h2-10,15,18,22H,11-14,16-17H2,1H3,(H,27,31). The summed E-state index contributed by atoms with van der Waals surface area (Å²) in [6, 6.07) is 18.1. The van der Waals surface area contributed by atoms with E-state index in [9.17, 15) is 4.79 Å². The van der Waals surface area contributed by atoms with E-state index >= 15 is 0 Å². The number of aromatic nitrogens is 2. The fourth-order valence-electron chi connectivity index (χ4n) is 3.88. The molecule has 1 N–H and O–H groups in total. The molecule has 4 rings (SSSR count). The molecular formula is C24H28ClN5O.